The number of nitrogens with one attached hydrogen (secondary N) is 1. The molecule has 0 spiro atoms. The van der Waals surface area contributed by atoms with Gasteiger partial charge in [0.15, 0.2) is 11.0 Å². The zero-order valence-electron chi connectivity index (χ0n) is 16.8. The maximum Gasteiger partial charge on any atom is 0.234 e. The number of hydrogen-bond donors (Lipinski definition) is 1. The average molecular weight is 486 g/mol. The maximum atomic E-state index is 12.5. The maximum absolute atomic E-state index is 12.5. The molecule has 0 radical (unpaired) electrons. The fourth-order valence-corrected chi connectivity index (χ4v) is 4.08. The van der Waals surface area contributed by atoms with Gasteiger partial charge in [-0.1, -0.05) is 35.0 Å². The van der Waals surface area contributed by atoms with Gasteiger partial charge in [-0.05, 0) is 54.6 Å². The number of pyridine rings is 1. The van der Waals surface area contributed by atoms with Gasteiger partial charge in [-0.2, -0.15) is 0 Å². The molecule has 0 fully saturated rings. The topological polar surface area (TPSA) is 81.9 Å². The molecule has 0 saturated heterocycles. The summed E-state index contributed by atoms with van der Waals surface area (Å²) in [5.41, 5.74) is 2.21. The lowest BCUT2D eigenvalue weighted by atomic mass is 10.2. The molecule has 0 bridgehead atoms. The van der Waals surface area contributed by atoms with E-state index in [2.05, 4.69) is 20.5 Å². The predicted octanol–water partition coefficient (Wildman–Crippen LogP) is 5.38. The highest BCUT2D eigenvalue weighted by molar-refractivity contribution is 7.99. The van der Waals surface area contributed by atoms with E-state index in [0.717, 1.165) is 11.3 Å². The molecule has 0 aliphatic heterocycles. The van der Waals surface area contributed by atoms with E-state index in [0.29, 0.717) is 32.5 Å². The van der Waals surface area contributed by atoms with Crippen LogP contribution in [0.4, 0.5) is 5.69 Å². The third-order valence-corrected chi connectivity index (χ3v) is 5.88. The van der Waals surface area contributed by atoms with Crippen LogP contribution in [-0.2, 0) is 4.79 Å². The first-order valence-corrected chi connectivity index (χ1v) is 11.2. The molecule has 0 aliphatic rings. The Morgan fingerprint density at radius 1 is 1.12 bits per heavy atom. The molecule has 10 heteroatoms. The molecular formula is C22H17Cl2N5O2S. The Morgan fingerprint density at radius 3 is 2.62 bits per heavy atom. The second-order valence-corrected chi connectivity index (χ2v) is 8.33. The van der Waals surface area contributed by atoms with Crippen molar-refractivity contribution in [3.05, 3.63) is 77.0 Å². The van der Waals surface area contributed by atoms with E-state index in [9.17, 15) is 4.79 Å². The van der Waals surface area contributed by atoms with Crippen LogP contribution in [0, 0.1) is 0 Å². The second kappa shape index (κ2) is 10.0. The molecule has 7 nitrogen and oxygen atoms in total. The molecule has 2 aromatic heterocycles. The Labute approximate surface area is 198 Å². The van der Waals surface area contributed by atoms with Crippen molar-refractivity contribution >= 4 is 46.6 Å². The minimum atomic E-state index is -0.204. The van der Waals surface area contributed by atoms with E-state index >= 15 is 0 Å². The molecule has 162 valence electrons. The van der Waals surface area contributed by atoms with Gasteiger partial charge in [-0.3, -0.25) is 14.3 Å². The number of hydrogen-bond acceptors (Lipinski definition) is 6. The highest BCUT2D eigenvalue weighted by Gasteiger charge is 2.17. The van der Waals surface area contributed by atoms with Crippen molar-refractivity contribution in [3.8, 4) is 22.8 Å². The number of thioether (sulfide) groups is 1. The van der Waals surface area contributed by atoms with Crippen LogP contribution in [0.2, 0.25) is 10.0 Å². The number of methoxy groups -OCH3 is 1. The third kappa shape index (κ3) is 5.04. The lowest BCUT2D eigenvalue weighted by molar-refractivity contribution is -0.113. The summed E-state index contributed by atoms with van der Waals surface area (Å²) in [4.78, 5) is 16.7. The number of amides is 1. The SMILES string of the molecule is COc1ccc(NC(=O)CSc2nnc(-c3cccnc3)n2-c2ccc(Cl)cc2)cc1Cl. The molecule has 0 atom stereocenters. The summed E-state index contributed by atoms with van der Waals surface area (Å²) in [7, 11) is 1.53. The van der Waals surface area contributed by atoms with E-state index in [-0.39, 0.29) is 11.7 Å². The van der Waals surface area contributed by atoms with Crippen molar-refractivity contribution in [1.29, 1.82) is 0 Å². The zero-order valence-corrected chi connectivity index (χ0v) is 19.2. The van der Waals surface area contributed by atoms with Crippen LogP contribution in [0.3, 0.4) is 0 Å². The summed E-state index contributed by atoms with van der Waals surface area (Å²) < 4.78 is 7.00. The van der Waals surface area contributed by atoms with Crippen LogP contribution in [0.15, 0.2) is 72.1 Å². The first-order valence-electron chi connectivity index (χ1n) is 9.43. The molecule has 1 N–H and O–H groups in total. The molecule has 2 aromatic carbocycles. The lowest BCUT2D eigenvalue weighted by Gasteiger charge is -2.11. The summed E-state index contributed by atoms with van der Waals surface area (Å²) in [5, 5.41) is 13.1. The number of benzene rings is 2. The zero-order chi connectivity index (χ0) is 22.5. The fourth-order valence-electron chi connectivity index (χ4n) is 2.94. The number of anilines is 1. The smallest absolute Gasteiger partial charge is 0.234 e. The molecule has 0 unspecified atom stereocenters. The van der Waals surface area contributed by atoms with Gasteiger partial charge in [-0.25, -0.2) is 0 Å². The van der Waals surface area contributed by atoms with E-state index in [1.807, 2.05) is 28.8 Å². The first kappa shape index (κ1) is 22.1. The molecule has 4 aromatic rings. The van der Waals surface area contributed by atoms with Crippen LogP contribution in [0.5, 0.6) is 5.75 Å². The molecule has 0 saturated carbocycles. The van der Waals surface area contributed by atoms with Gasteiger partial charge in [0.1, 0.15) is 5.75 Å². The monoisotopic (exact) mass is 485 g/mol. The number of carbonyl (C=O) groups is 1. The van der Waals surface area contributed by atoms with Gasteiger partial charge in [0.2, 0.25) is 5.91 Å². The summed E-state index contributed by atoms with van der Waals surface area (Å²) in [6, 6.07) is 16.1. The minimum Gasteiger partial charge on any atom is -0.495 e. The highest BCUT2D eigenvalue weighted by Crippen LogP contribution is 2.29. The van der Waals surface area contributed by atoms with Crippen molar-refractivity contribution in [1.82, 2.24) is 19.7 Å². The Morgan fingerprint density at radius 2 is 1.94 bits per heavy atom. The van der Waals surface area contributed by atoms with Gasteiger partial charge in [0.05, 0.1) is 17.9 Å². The van der Waals surface area contributed by atoms with E-state index < -0.39 is 0 Å². The van der Waals surface area contributed by atoms with Crippen molar-refractivity contribution in [3.63, 3.8) is 0 Å². The second-order valence-electron chi connectivity index (χ2n) is 6.55. The summed E-state index contributed by atoms with van der Waals surface area (Å²) in [6.07, 6.45) is 3.41. The largest absolute Gasteiger partial charge is 0.495 e. The van der Waals surface area contributed by atoms with Crippen molar-refractivity contribution < 1.29 is 9.53 Å². The third-order valence-electron chi connectivity index (χ3n) is 4.41. The Kier molecular flexibility index (Phi) is 6.94. The van der Waals surface area contributed by atoms with Crippen LogP contribution in [0.1, 0.15) is 0 Å². The number of carbonyl (C=O) groups excluding carboxylic acids is 1. The summed E-state index contributed by atoms with van der Waals surface area (Å²) in [6.45, 7) is 0. The number of halogens is 2. The quantitative estimate of drug-likeness (QED) is 0.354. The van der Waals surface area contributed by atoms with Gasteiger partial charge in [0.25, 0.3) is 0 Å². The Hall–Kier alpha value is -3.07. The molecule has 4 rings (SSSR count). The van der Waals surface area contributed by atoms with Gasteiger partial charge >= 0.3 is 0 Å². The lowest BCUT2D eigenvalue weighted by Crippen LogP contribution is -2.14. The van der Waals surface area contributed by atoms with Gasteiger partial charge in [0, 0.05) is 34.4 Å². The van der Waals surface area contributed by atoms with Crippen molar-refractivity contribution in [2.45, 2.75) is 5.16 Å². The molecule has 2 heterocycles. The van der Waals surface area contributed by atoms with E-state index in [1.54, 1.807) is 42.7 Å². The highest BCUT2D eigenvalue weighted by atomic mass is 35.5. The molecule has 1 amide bonds. The standard InChI is InChI=1S/C22H17Cl2N5O2S/c1-31-19-9-6-16(11-18(19)24)26-20(30)13-32-22-28-27-21(14-3-2-10-25-12-14)29(22)17-7-4-15(23)5-8-17/h2-12H,13H2,1H3,(H,26,30). The van der Waals surface area contributed by atoms with Crippen molar-refractivity contribution in [2.75, 3.05) is 18.2 Å². The number of aromatic nitrogens is 4. The van der Waals surface area contributed by atoms with E-state index in [4.69, 9.17) is 27.9 Å². The van der Waals surface area contributed by atoms with Crippen molar-refractivity contribution in [2.24, 2.45) is 0 Å². The Bertz CT molecular complexity index is 1230. The minimum absolute atomic E-state index is 0.127. The number of ether oxygens (including phenoxy) is 1. The van der Waals surface area contributed by atoms with Crippen LogP contribution < -0.4 is 10.1 Å². The number of rotatable bonds is 7. The van der Waals surface area contributed by atoms with Gasteiger partial charge in [-0.15, -0.1) is 10.2 Å². The predicted molar refractivity (Wildman–Crippen MR) is 127 cm³/mol. The number of nitrogens with zero attached hydrogens (tertiary/aromatic N) is 4. The van der Waals surface area contributed by atoms with Crippen LogP contribution in [-0.4, -0.2) is 38.5 Å². The summed E-state index contributed by atoms with van der Waals surface area (Å²) >= 11 is 13.4. The molecule has 0 aliphatic carbocycles. The van der Waals surface area contributed by atoms with Crippen LogP contribution in [0.25, 0.3) is 17.1 Å². The first-order chi connectivity index (χ1) is 15.5. The van der Waals surface area contributed by atoms with E-state index in [1.165, 1.54) is 18.9 Å². The molecule has 32 heavy (non-hydrogen) atoms. The fraction of sp³-hybridized carbons (Fsp3) is 0.0909. The van der Waals surface area contributed by atoms with Gasteiger partial charge < -0.3 is 10.1 Å². The normalized spacial score (nSPS) is 10.7. The van der Waals surface area contributed by atoms with Crippen LogP contribution >= 0.6 is 35.0 Å². The average Bonchev–Trinajstić information content (AvgIpc) is 3.23. The molecular weight excluding hydrogens is 469 g/mol. The Balaban J connectivity index is 1.55. The summed E-state index contributed by atoms with van der Waals surface area (Å²) in [5.74, 6) is 1.08.